The molecule has 0 saturated carbocycles. The van der Waals surface area contributed by atoms with E-state index in [1.807, 2.05) is 18.2 Å². The molecule has 0 fully saturated rings. The molecule has 1 nitrogen and oxygen atoms in total. The third-order valence-corrected chi connectivity index (χ3v) is 4.63. The van der Waals surface area contributed by atoms with Gasteiger partial charge < -0.3 is 0 Å². The van der Waals surface area contributed by atoms with Gasteiger partial charge in [-0.25, -0.2) is 4.39 Å². The number of hydrogen-bond donors (Lipinski definition) is 0. The fourth-order valence-electron chi connectivity index (χ4n) is 2.13. The van der Waals surface area contributed by atoms with Crippen LogP contribution < -0.4 is 0 Å². The van der Waals surface area contributed by atoms with E-state index in [2.05, 4.69) is 0 Å². The lowest BCUT2D eigenvalue weighted by Gasteiger charge is -2.17. The van der Waals surface area contributed by atoms with Crippen molar-refractivity contribution >= 4 is 34.1 Å². The Balaban J connectivity index is 2.03. The van der Waals surface area contributed by atoms with E-state index in [0.29, 0.717) is 11.4 Å². The lowest BCUT2D eigenvalue weighted by atomic mass is 9.96. The Bertz CT molecular complexity index is 724. The third kappa shape index (κ3) is 2.65. The number of benzene rings is 2. The maximum absolute atomic E-state index is 13.4. The molecule has 0 bridgehead atoms. The van der Waals surface area contributed by atoms with Gasteiger partial charge in [-0.05, 0) is 41.5 Å². The van der Waals surface area contributed by atoms with Gasteiger partial charge in [0, 0.05) is 16.2 Å². The number of allylic oxidation sites excluding steroid dienone is 1. The summed E-state index contributed by atoms with van der Waals surface area (Å²) in [5.41, 5.74) is 1.63. The summed E-state index contributed by atoms with van der Waals surface area (Å²) < 4.78 is 13.4. The third-order valence-electron chi connectivity index (χ3n) is 3.05. The van der Waals surface area contributed by atoms with Crippen molar-refractivity contribution in [1.29, 1.82) is 0 Å². The Morgan fingerprint density at radius 2 is 1.95 bits per heavy atom. The zero-order chi connectivity index (χ0) is 14.1. The first-order valence-corrected chi connectivity index (χ1v) is 7.28. The Morgan fingerprint density at radius 3 is 2.75 bits per heavy atom. The van der Waals surface area contributed by atoms with Crippen LogP contribution in [0.2, 0.25) is 5.02 Å². The van der Waals surface area contributed by atoms with E-state index in [0.717, 1.165) is 20.9 Å². The Hall–Kier alpha value is -1.58. The molecule has 0 N–H and O–H groups in total. The van der Waals surface area contributed by atoms with E-state index in [9.17, 15) is 9.18 Å². The van der Waals surface area contributed by atoms with Crippen LogP contribution in [-0.2, 0) is 11.2 Å². The fraction of sp³-hybridized carbons (Fsp3) is 0.0625. The molecular formula is C16H10ClFOS. The molecule has 20 heavy (non-hydrogen) atoms. The molecule has 1 aliphatic carbocycles. The second-order valence-corrected chi connectivity index (χ2v) is 5.98. The summed E-state index contributed by atoms with van der Waals surface area (Å²) in [6.07, 6.45) is 1.89. The van der Waals surface area contributed by atoms with Crippen LogP contribution in [-0.4, -0.2) is 5.78 Å². The normalized spacial score (nSPS) is 13.9. The number of ketones is 1. The van der Waals surface area contributed by atoms with Crippen molar-refractivity contribution in [1.82, 2.24) is 0 Å². The molecule has 2 aromatic rings. The van der Waals surface area contributed by atoms with E-state index in [1.165, 1.54) is 23.9 Å². The van der Waals surface area contributed by atoms with Crippen LogP contribution in [0.15, 0.2) is 53.4 Å². The lowest BCUT2D eigenvalue weighted by Crippen LogP contribution is -2.08. The maximum Gasteiger partial charge on any atom is 0.161 e. The van der Waals surface area contributed by atoms with Crippen molar-refractivity contribution in [2.24, 2.45) is 0 Å². The second-order valence-electron chi connectivity index (χ2n) is 4.49. The zero-order valence-electron chi connectivity index (χ0n) is 10.4. The smallest absolute Gasteiger partial charge is 0.161 e. The molecule has 4 heteroatoms. The van der Waals surface area contributed by atoms with Crippen LogP contribution >= 0.6 is 23.4 Å². The lowest BCUT2D eigenvalue weighted by molar-refractivity contribution is -0.114. The highest BCUT2D eigenvalue weighted by molar-refractivity contribution is 8.08. The maximum atomic E-state index is 13.4. The number of rotatable bonds is 2. The number of carbonyl (C=O) groups is 1. The highest BCUT2D eigenvalue weighted by Gasteiger charge is 2.19. The minimum absolute atomic E-state index is 0.0265. The Labute approximate surface area is 125 Å². The molecule has 0 aromatic heterocycles. The molecule has 2 aromatic carbocycles. The van der Waals surface area contributed by atoms with Crippen molar-refractivity contribution in [3.05, 3.63) is 70.5 Å². The predicted molar refractivity (Wildman–Crippen MR) is 80.4 cm³/mol. The van der Waals surface area contributed by atoms with E-state index < -0.39 is 0 Å². The molecule has 0 amide bonds. The molecule has 100 valence electrons. The molecular weight excluding hydrogens is 295 g/mol. The van der Waals surface area contributed by atoms with Crippen molar-refractivity contribution in [3.63, 3.8) is 0 Å². The van der Waals surface area contributed by atoms with Gasteiger partial charge in [-0.1, -0.05) is 41.6 Å². The zero-order valence-corrected chi connectivity index (χ0v) is 12.0. The molecule has 0 saturated heterocycles. The molecule has 3 rings (SSSR count). The number of thioether (sulfide) groups is 1. The van der Waals surface area contributed by atoms with E-state index in [-0.39, 0.29) is 11.6 Å². The van der Waals surface area contributed by atoms with Gasteiger partial charge in [0.25, 0.3) is 0 Å². The SMILES string of the molecule is O=C1C=C(Sc2ccccc2Cl)c2cc(F)ccc2C1. The van der Waals surface area contributed by atoms with Gasteiger partial charge in [0.15, 0.2) is 5.78 Å². The molecule has 0 atom stereocenters. The van der Waals surface area contributed by atoms with Crippen LogP contribution in [0.3, 0.4) is 0 Å². The van der Waals surface area contributed by atoms with Crippen molar-refractivity contribution < 1.29 is 9.18 Å². The van der Waals surface area contributed by atoms with Crippen molar-refractivity contribution in [2.75, 3.05) is 0 Å². The Kier molecular flexibility index (Phi) is 3.64. The van der Waals surface area contributed by atoms with Crippen LogP contribution in [0, 0.1) is 5.82 Å². The summed E-state index contributed by atoms with van der Waals surface area (Å²) >= 11 is 7.52. The summed E-state index contributed by atoms with van der Waals surface area (Å²) in [6, 6.07) is 11.9. The van der Waals surface area contributed by atoms with E-state index in [4.69, 9.17) is 11.6 Å². The number of fused-ring (bicyclic) bond motifs is 1. The largest absolute Gasteiger partial charge is 0.294 e. The van der Waals surface area contributed by atoms with Crippen molar-refractivity contribution in [2.45, 2.75) is 11.3 Å². The van der Waals surface area contributed by atoms with Gasteiger partial charge in [0.05, 0.1) is 5.02 Å². The van der Waals surface area contributed by atoms with Crippen LogP contribution in [0.4, 0.5) is 4.39 Å². The average molecular weight is 305 g/mol. The summed E-state index contributed by atoms with van der Waals surface area (Å²) in [4.78, 5) is 13.4. The van der Waals surface area contributed by atoms with Crippen LogP contribution in [0.5, 0.6) is 0 Å². The van der Waals surface area contributed by atoms with Crippen molar-refractivity contribution in [3.8, 4) is 0 Å². The molecule has 1 aliphatic rings. The minimum atomic E-state index is -0.302. The molecule has 0 radical (unpaired) electrons. The summed E-state index contributed by atoms with van der Waals surface area (Å²) in [5.74, 6) is -0.276. The summed E-state index contributed by atoms with van der Waals surface area (Å²) in [6.45, 7) is 0. The molecule has 0 heterocycles. The van der Waals surface area contributed by atoms with Gasteiger partial charge >= 0.3 is 0 Å². The number of halogens is 2. The van der Waals surface area contributed by atoms with Gasteiger partial charge in [0.2, 0.25) is 0 Å². The molecule has 0 unspecified atom stereocenters. The van der Waals surface area contributed by atoms with Crippen LogP contribution in [0.1, 0.15) is 11.1 Å². The minimum Gasteiger partial charge on any atom is -0.294 e. The highest BCUT2D eigenvalue weighted by atomic mass is 35.5. The average Bonchev–Trinajstić information content (AvgIpc) is 2.42. The predicted octanol–water partition coefficient (Wildman–Crippen LogP) is 4.74. The van der Waals surface area contributed by atoms with Crippen LogP contribution in [0.25, 0.3) is 4.91 Å². The summed E-state index contributed by atoms with van der Waals surface area (Å²) in [5, 5.41) is 0.620. The molecule has 0 spiro atoms. The number of carbonyl (C=O) groups excluding carboxylic acids is 1. The first-order chi connectivity index (χ1) is 9.63. The first kappa shape index (κ1) is 13.4. The quantitative estimate of drug-likeness (QED) is 0.797. The topological polar surface area (TPSA) is 17.1 Å². The van der Waals surface area contributed by atoms with E-state index >= 15 is 0 Å². The standard InChI is InChI=1S/C16H10ClFOS/c17-14-3-1-2-4-15(14)20-16-9-12(19)7-10-5-6-11(18)8-13(10)16/h1-6,8-9H,7H2. The molecule has 0 aliphatic heterocycles. The first-order valence-electron chi connectivity index (χ1n) is 6.09. The monoisotopic (exact) mass is 304 g/mol. The van der Waals surface area contributed by atoms with Gasteiger partial charge in [-0.3, -0.25) is 4.79 Å². The van der Waals surface area contributed by atoms with E-state index in [1.54, 1.807) is 18.2 Å². The highest BCUT2D eigenvalue weighted by Crippen LogP contribution is 2.41. The fourth-order valence-corrected chi connectivity index (χ4v) is 3.42. The number of hydrogen-bond acceptors (Lipinski definition) is 2. The second kappa shape index (κ2) is 5.43. The van der Waals surface area contributed by atoms with Gasteiger partial charge in [-0.15, -0.1) is 0 Å². The Morgan fingerprint density at radius 1 is 1.15 bits per heavy atom. The van der Waals surface area contributed by atoms with Gasteiger partial charge in [0.1, 0.15) is 5.82 Å². The van der Waals surface area contributed by atoms with Gasteiger partial charge in [-0.2, -0.15) is 0 Å². The summed E-state index contributed by atoms with van der Waals surface area (Å²) in [7, 11) is 0.